The van der Waals surface area contributed by atoms with Gasteiger partial charge in [-0.25, -0.2) is 9.97 Å². The molecule has 0 saturated heterocycles. The minimum Gasteiger partial charge on any atom is -0.457 e. The quantitative estimate of drug-likeness (QED) is 0.253. The van der Waals surface area contributed by atoms with E-state index in [1.54, 1.807) is 26.2 Å². The van der Waals surface area contributed by atoms with Crippen molar-refractivity contribution in [3.63, 3.8) is 0 Å². The molecule has 188 valence electrons. The van der Waals surface area contributed by atoms with E-state index < -0.39 is 0 Å². The van der Waals surface area contributed by atoms with Crippen LogP contribution >= 0.6 is 0 Å². The predicted molar refractivity (Wildman–Crippen MR) is 150 cm³/mol. The molecule has 1 heterocycles. The van der Waals surface area contributed by atoms with Crippen molar-refractivity contribution >= 4 is 28.6 Å². The Hall–Kier alpha value is -5.17. The SMILES string of the molecule is CN(C)C(=O)/C=C/c1ccc2ccc(Oc3ncnc(N)c3-c3ccc(Oc4ccccc4)cc3)cc2c1. The largest absolute Gasteiger partial charge is 0.457 e. The number of rotatable bonds is 7. The molecule has 1 amide bonds. The zero-order valence-corrected chi connectivity index (χ0v) is 21.0. The third-order valence-electron chi connectivity index (χ3n) is 5.87. The third-order valence-corrected chi connectivity index (χ3v) is 5.87. The molecular formula is C31H26N4O3. The number of amides is 1. The lowest BCUT2D eigenvalue weighted by molar-refractivity contribution is -0.123. The third kappa shape index (κ3) is 5.63. The zero-order chi connectivity index (χ0) is 26.5. The second kappa shape index (κ2) is 10.8. The lowest BCUT2D eigenvalue weighted by atomic mass is 10.1. The fourth-order valence-corrected chi connectivity index (χ4v) is 3.88. The van der Waals surface area contributed by atoms with Gasteiger partial charge >= 0.3 is 0 Å². The summed E-state index contributed by atoms with van der Waals surface area (Å²) in [6, 6.07) is 28.9. The van der Waals surface area contributed by atoms with Crippen LogP contribution in [0.4, 0.5) is 5.82 Å². The van der Waals surface area contributed by atoms with E-state index in [1.165, 1.54) is 11.2 Å². The van der Waals surface area contributed by atoms with E-state index in [1.807, 2.05) is 91.0 Å². The fraction of sp³-hybridized carbons (Fsp3) is 0.0645. The van der Waals surface area contributed by atoms with Gasteiger partial charge in [-0.15, -0.1) is 0 Å². The predicted octanol–water partition coefficient (Wildman–Crippen LogP) is 6.57. The summed E-state index contributed by atoms with van der Waals surface area (Å²) in [4.78, 5) is 22.0. The smallest absolute Gasteiger partial charge is 0.246 e. The summed E-state index contributed by atoms with van der Waals surface area (Å²) >= 11 is 0. The highest BCUT2D eigenvalue weighted by Gasteiger charge is 2.15. The highest BCUT2D eigenvalue weighted by Crippen LogP contribution is 2.36. The molecule has 0 aliphatic rings. The van der Waals surface area contributed by atoms with Gasteiger partial charge in [0, 0.05) is 20.2 Å². The van der Waals surface area contributed by atoms with Crippen molar-refractivity contribution in [2.24, 2.45) is 0 Å². The first-order valence-electron chi connectivity index (χ1n) is 12.0. The Balaban J connectivity index is 1.41. The Bertz CT molecular complexity index is 1610. The number of benzene rings is 4. The molecule has 0 spiro atoms. The molecule has 0 unspecified atom stereocenters. The van der Waals surface area contributed by atoms with Crippen molar-refractivity contribution in [1.82, 2.24) is 14.9 Å². The van der Waals surface area contributed by atoms with Crippen molar-refractivity contribution < 1.29 is 14.3 Å². The lowest BCUT2D eigenvalue weighted by Gasteiger charge is -2.13. The molecule has 0 saturated carbocycles. The monoisotopic (exact) mass is 502 g/mol. The molecule has 0 atom stereocenters. The van der Waals surface area contributed by atoms with Gasteiger partial charge in [-0.05, 0) is 70.4 Å². The van der Waals surface area contributed by atoms with Crippen molar-refractivity contribution in [2.75, 3.05) is 19.8 Å². The first-order chi connectivity index (χ1) is 18.5. The Morgan fingerprint density at radius 3 is 2.26 bits per heavy atom. The van der Waals surface area contributed by atoms with Crippen LogP contribution in [0, 0.1) is 0 Å². The van der Waals surface area contributed by atoms with Crippen LogP contribution in [-0.2, 0) is 4.79 Å². The maximum absolute atomic E-state index is 11.9. The number of carbonyl (C=O) groups excluding carboxylic acids is 1. The number of ether oxygens (including phenoxy) is 2. The van der Waals surface area contributed by atoms with Crippen LogP contribution in [0.5, 0.6) is 23.1 Å². The molecule has 1 aromatic heterocycles. The summed E-state index contributed by atoms with van der Waals surface area (Å²) in [6.45, 7) is 0. The Labute approximate surface area is 220 Å². The minimum absolute atomic E-state index is 0.0734. The van der Waals surface area contributed by atoms with Gasteiger partial charge in [0.1, 0.15) is 29.4 Å². The number of anilines is 1. The Morgan fingerprint density at radius 2 is 1.50 bits per heavy atom. The number of nitrogens with two attached hydrogens (primary N) is 1. The van der Waals surface area contributed by atoms with Crippen LogP contribution in [0.15, 0.2) is 103 Å². The maximum atomic E-state index is 11.9. The molecule has 38 heavy (non-hydrogen) atoms. The fourth-order valence-electron chi connectivity index (χ4n) is 3.88. The van der Waals surface area contributed by atoms with Crippen LogP contribution in [0.1, 0.15) is 5.56 Å². The second-order valence-corrected chi connectivity index (χ2v) is 8.82. The number of para-hydroxylation sites is 1. The average molecular weight is 503 g/mol. The van der Waals surface area contributed by atoms with E-state index in [-0.39, 0.29) is 5.91 Å². The molecule has 5 rings (SSSR count). The number of hydrogen-bond donors (Lipinski definition) is 1. The summed E-state index contributed by atoms with van der Waals surface area (Å²) in [7, 11) is 3.44. The van der Waals surface area contributed by atoms with E-state index in [4.69, 9.17) is 15.2 Å². The van der Waals surface area contributed by atoms with Crippen LogP contribution in [0.3, 0.4) is 0 Å². The number of nitrogens with zero attached hydrogens (tertiary/aromatic N) is 3. The van der Waals surface area contributed by atoms with E-state index in [2.05, 4.69) is 9.97 Å². The van der Waals surface area contributed by atoms with Gasteiger partial charge in [0.25, 0.3) is 0 Å². The molecule has 2 N–H and O–H groups in total. The summed E-state index contributed by atoms with van der Waals surface area (Å²) < 4.78 is 12.1. The van der Waals surface area contributed by atoms with Gasteiger partial charge in [-0.3, -0.25) is 4.79 Å². The molecule has 4 aromatic carbocycles. The van der Waals surface area contributed by atoms with Crippen molar-refractivity contribution in [1.29, 1.82) is 0 Å². The number of carbonyl (C=O) groups is 1. The second-order valence-electron chi connectivity index (χ2n) is 8.82. The number of fused-ring (bicyclic) bond motifs is 1. The number of likely N-dealkylation sites (N-methyl/N-ethyl adjacent to an activating group) is 1. The van der Waals surface area contributed by atoms with Crippen LogP contribution in [0.2, 0.25) is 0 Å². The number of aromatic nitrogens is 2. The number of hydrogen-bond acceptors (Lipinski definition) is 6. The van der Waals surface area contributed by atoms with Gasteiger partial charge in [0.2, 0.25) is 11.8 Å². The molecule has 0 aliphatic heterocycles. The first-order valence-corrected chi connectivity index (χ1v) is 12.0. The highest BCUT2D eigenvalue weighted by molar-refractivity contribution is 5.93. The molecule has 0 fully saturated rings. The van der Waals surface area contributed by atoms with E-state index >= 15 is 0 Å². The first kappa shape index (κ1) is 24.5. The molecule has 0 radical (unpaired) electrons. The Kier molecular flexibility index (Phi) is 6.99. The summed E-state index contributed by atoms with van der Waals surface area (Å²) in [6.07, 6.45) is 4.73. The summed E-state index contributed by atoms with van der Waals surface area (Å²) in [5.74, 6) is 2.64. The van der Waals surface area contributed by atoms with Crippen LogP contribution < -0.4 is 15.2 Å². The average Bonchev–Trinajstić information content (AvgIpc) is 2.93. The molecule has 0 bridgehead atoms. The van der Waals surface area contributed by atoms with Crippen LogP contribution in [0.25, 0.3) is 28.0 Å². The van der Waals surface area contributed by atoms with E-state index in [9.17, 15) is 4.79 Å². The number of nitrogen functional groups attached to an aromatic ring is 1. The Morgan fingerprint density at radius 1 is 0.789 bits per heavy atom. The summed E-state index contributed by atoms with van der Waals surface area (Å²) in [5.41, 5.74) is 8.57. The molecule has 0 aliphatic carbocycles. The van der Waals surface area contributed by atoms with Gasteiger partial charge < -0.3 is 20.1 Å². The normalized spacial score (nSPS) is 11.0. The van der Waals surface area contributed by atoms with E-state index in [0.717, 1.165) is 27.6 Å². The van der Waals surface area contributed by atoms with Crippen molar-refractivity contribution in [3.8, 4) is 34.3 Å². The van der Waals surface area contributed by atoms with Crippen molar-refractivity contribution in [3.05, 3.63) is 109 Å². The standard InChI is InChI=1S/C31H26N4O3/c1-35(2)28(36)17-9-21-8-10-22-11-16-27(19-24(22)18-21)38-31-29(30(32)33-20-34-31)23-12-14-26(15-13-23)37-25-6-4-3-5-7-25/h3-20H,1-2H3,(H2,32,33,34)/b17-9+. The molecular weight excluding hydrogens is 476 g/mol. The van der Waals surface area contributed by atoms with Crippen molar-refractivity contribution in [2.45, 2.75) is 0 Å². The van der Waals surface area contributed by atoms with Crippen LogP contribution in [-0.4, -0.2) is 34.9 Å². The molecule has 7 heteroatoms. The zero-order valence-electron chi connectivity index (χ0n) is 21.0. The highest BCUT2D eigenvalue weighted by atomic mass is 16.5. The molecule has 7 nitrogen and oxygen atoms in total. The topological polar surface area (TPSA) is 90.6 Å². The molecule has 5 aromatic rings. The minimum atomic E-state index is -0.0734. The van der Waals surface area contributed by atoms with Gasteiger partial charge in [-0.2, -0.15) is 0 Å². The lowest BCUT2D eigenvalue weighted by Crippen LogP contribution is -2.18. The maximum Gasteiger partial charge on any atom is 0.246 e. The van der Waals surface area contributed by atoms with Gasteiger partial charge in [0.05, 0.1) is 5.56 Å². The van der Waals surface area contributed by atoms with Gasteiger partial charge in [0.15, 0.2) is 0 Å². The van der Waals surface area contributed by atoms with Gasteiger partial charge in [-0.1, -0.05) is 48.5 Å². The summed E-state index contributed by atoms with van der Waals surface area (Å²) in [5, 5.41) is 2.01. The van der Waals surface area contributed by atoms with E-state index in [0.29, 0.717) is 28.8 Å².